The molecule has 0 aliphatic carbocycles. The number of hydrogen-bond acceptors (Lipinski definition) is 3. The summed E-state index contributed by atoms with van der Waals surface area (Å²) in [6.45, 7) is 4.51. The van der Waals surface area contributed by atoms with Crippen LogP contribution in [0.2, 0.25) is 0 Å². The molecule has 0 amide bonds. The van der Waals surface area contributed by atoms with Gasteiger partial charge in [-0.1, -0.05) is 43.3 Å². The van der Waals surface area contributed by atoms with Gasteiger partial charge in [0.25, 0.3) is 0 Å². The Labute approximate surface area is 155 Å². The molecule has 136 valence electrons. The molecule has 1 unspecified atom stereocenters. The predicted octanol–water partition coefficient (Wildman–Crippen LogP) is 3.90. The van der Waals surface area contributed by atoms with Crippen LogP contribution in [0.3, 0.4) is 0 Å². The molecule has 1 aliphatic heterocycles. The van der Waals surface area contributed by atoms with Crippen LogP contribution >= 0.6 is 0 Å². The van der Waals surface area contributed by atoms with E-state index in [0.717, 1.165) is 36.4 Å². The Hall–Kier alpha value is -2.17. The summed E-state index contributed by atoms with van der Waals surface area (Å²) < 4.78 is 0. The molecule has 0 radical (unpaired) electrons. The molecule has 4 nitrogen and oxygen atoms in total. The number of fused-ring (bicyclic) bond motifs is 1. The number of nitrogens with zero attached hydrogens (tertiary/aromatic N) is 2. The fourth-order valence-electron chi connectivity index (χ4n) is 3.85. The maximum Gasteiger partial charge on any atom is 0.129 e. The topological polar surface area (TPSA) is 44.0 Å². The van der Waals surface area contributed by atoms with Gasteiger partial charge in [0.15, 0.2) is 0 Å². The Morgan fingerprint density at radius 1 is 1.15 bits per heavy atom. The number of aromatic amines is 1. The van der Waals surface area contributed by atoms with E-state index in [1.165, 1.54) is 24.0 Å². The zero-order valence-electron chi connectivity index (χ0n) is 15.7. The van der Waals surface area contributed by atoms with E-state index in [1.807, 2.05) is 6.07 Å². The first kappa shape index (κ1) is 17.3. The third kappa shape index (κ3) is 3.67. The van der Waals surface area contributed by atoms with Crippen LogP contribution in [0.5, 0.6) is 0 Å². The van der Waals surface area contributed by atoms with Crippen molar-refractivity contribution in [2.75, 3.05) is 20.1 Å². The Balaban J connectivity index is 1.68. The molecule has 26 heavy (non-hydrogen) atoms. The van der Waals surface area contributed by atoms with Crippen molar-refractivity contribution in [3.8, 4) is 0 Å². The van der Waals surface area contributed by atoms with Crippen molar-refractivity contribution in [3.63, 3.8) is 0 Å². The largest absolute Gasteiger partial charge is 0.340 e. The first-order valence-electron chi connectivity index (χ1n) is 9.71. The lowest BCUT2D eigenvalue weighted by Gasteiger charge is -2.32. The van der Waals surface area contributed by atoms with E-state index < -0.39 is 0 Å². The van der Waals surface area contributed by atoms with Crippen LogP contribution in [0.25, 0.3) is 11.0 Å². The molecular formula is C22H28N4. The Bertz CT molecular complexity index is 828. The molecule has 1 aromatic heterocycles. The number of piperidine rings is 1. The van der Waals surface area contributed by atoms with Gasteiger partial charge in [-0.3, -0.25) is 0 Å². The van der Waals surface area contributed by atoms with E-state index in [4.69, 9.17) is 4.98 Å². The number of aryl methyl sites for hydroxylation is 1. The van der Waals surface area contributed by atoms with Crippen LogP contribution in [0.15, 0.2) is 48.5 Å². The highest BCUT2D eigenvalue weighted by atomic mass is 15.1. The maximum absolute atomic E-state index is 4.90. The normalized spacial score (nSPS) is 17.6. The second-order valence-corrected chi connectivity index (χ2v) is 7.42. The number of rotatable bonds is 5. The number of imidazole rings is 1. The molecule has 0 spiro atoms. The van der Waals surface area contributed by atoms with Gasteiger partial charge >= 0.3 is 0 Å². The second-order valence-electron chi connectivity index (χ2n) is 7.42. The molecule has 3 aromatic rings. The molecule has 4 heteroatoms. The fraction of sp³-hybridized carbons (Fsp3) is 0.409. The van der Waals surface area contributed by atoms with Gasteiger partial charge in [-0.05, 0) is 62.7 Å². The minimum absolute atomic E-state index is 0.0994. The molecule has 0 saturated carbocycles. The molecule has 2 aromatic carbocycles. The summed E-state index contributed by atoms with van der Waals surface area (Å²) in [7, 11) is 2.21. The van der Waals surface area contributed by atoms with E-state index >= 15 is 0 Å². The summed E-state index contributed by atoms with van der Waals surface area (Å²) in [4.78, 5) is 10.9. The third-order valence-corrected chi connectivity index (χ3v) is 5.49. The van der Waals surface area contributed by atoms with Gasteiger partial charge in [0.1, 0.15) is 5.82 Å². The predicted molar refractivity (Wildman–Crippen MR) is 107 cm³/mol. The van der Waals surface area contributed by atoms with Gasteiger partial charge in [0.05, 0.1) is 17.1 Å². The van der Waals surface area contributed by atoms with Crippen LogP contribution in [0.4, 0.5) is 0 Å². The van der Waals surface area contributed by atoms with E-state index in [2.05, 4.69) is 71.6 Å². The second kappa shape index (κ2) is 7.60. The van der Waals surface area contributed by atoms with Crippen molar-refractivity contribution in [3.05, 3.63) is 65.5 Å². The lowest BCUT2D eigenvalue weighted by Crippen LogP contribution is -2.42. The summed E-state index contributed by atoms with van der Waals surface area (Å²) in [5, 5.41) is 3.90. The Morgan fingerprint density at radius 3 is 2.73 bits per heavy atom. The first-order valence-corrected chi connectivity index (χ1v) is 9.71. The number of para-hydroxylation sites is 2. The van der Waals surface area contributed by atoms with E-state index in [0.29, 0.717) is 6.04 Å². The SMILES string of the molecule is CCc1cccc(C(NC2CCN(C)CC2)c2nc3ccccc3[nH]2)c1. The summed E-state index contributed by atoms with van der Waals surface area (Å²) in [6.07, 6.45) is 3.41. The van der Waals surface area contributed by atoms with Crippen molar-refractivity contribution in [1.82, 2.24) is 20.2 Å². The van der Waals surface area contributed by atoms with Gasteiger partial charge in [-0.25, -0.2) is 4.98 Å². The zero-order chi connectivity index (χ0) is 17.9. The molecule has 0 bridgehead atoms. The van der Waals surface area contributed by atoms with Crippen LogP contribution < -0.4 is 5.32 Å². The van der Waals surface area contributed by atoms with Gasteiger partial charge in [-0.15, -0.1) is 0 Å². The van der Waals surface area contributed by atoms with Crippen molar-refractivity contribution in [2.24, 2.45) is 0 Å². The average Bonchev–Trinajstić information content (AvgIpc) is 3.11. The minimum atomic E-state index is 0.0994. The summed E-state index contributed by atoms with van der Waals surface area (Å²) in [5.74, 6) is 1.01. The lowest BCUT2D eigenvalue weighted by molar-refractivity contribution is 0.228. The number of likely N-dealkylation sites (tertiary alicyclic amines) is 1. The van der Waals surface area contributed by atoms with Crippen molar-refractivity contribution in [2.45, 2.75) is 38.3 Å². The molecule has 4 rings (SSSR count). The maximum atomic E-state index is 4.90. The smallest absolute Gasteiger partial charge is 0.129 e. The molecule has 2 heterocycles. The molecular weight excluding hydrogens is 320 g/mol. The van der Waals surface area contributed by atoms with Gasteiger partial charge < -0.3 is 15.2 Å². The van der Waals surface area contributed by atoms with Crippen molar-refractivity contribution in [1.29, 1.82) is 0 Å². The van der Waals surface area contributed by atoms with Gasteiger partial charge in [0, 0.05) is 6.04 Å². The summed E-state index contributed by atoms with van der Waals surface area (Å²) >= 11 is 0. The van der Waals surface area contributed by atoms with Crippen LogP contribution in [0, 0.1) is 0 Å². The van der Waals surface area contributed by atoms with Crippen LogP contribution in [-0.4, -0.2) is 41.0 Å². The van der Waals surface area contributed by atoms with Crippen LogP contribution in [0.1, 0.15) is 42.8 Å². The lowest BCUT2D eigenvalue weighted by atomic mass is 9.98. The van der Waals surface area contributed by atoms with E-state index in [-0.39, 0.29) is 6.04 Å². The highest BCUT2D eigenvalue weighted by Crippen LogP contribution is 2.25. The average molecular weight is 348 g/mol. The zero-order valence-corrected chi connectivity index (χ0v) is 15.7. The fourth-order valence-corrected chi connectivity index (χ4v) is 3.85. The van der Waals surface area contributed by atoms with Crippen molar-refractivity contribution < 1.29 is 0 Å². The summed E-state index contributed by atoms with van der Waals surface area (Å²) in [5.41, 5.74) is 4.80. The van der Waals surface area contributed by atoms with Gasteiger partial charge in [-0.2, -0.15) is 0 Å². The monoisotopic (exact) mass is 348 g/mol. The van der Waals surface area contributed by atoms with Crippen molar-refractivity contribution >= 4 is 11.0 Å². The number of aromatic nitrogens is 2. The van der Waals surface area contributed by atoms with Gasteiger partial charge in [0.2, 0.25) is 0 Å². The molecule has 1 aliphatic rings. The molecule has 1 fully saturated rings. The number of benzene rings is 2. The Kier molecular flexibility index (Phi) is 5.05. The highest BCUT2D eigenvalue weighted by Gasteiger charge is 2.24. The number of nitrogens with one attached hydrogen (secondary N) is 2. The minimum Gasteiger partial charge on any atom is -0.340 e. The third-order valence-electron chi connectivity index (χ3n) is 5.49. The van der Waals surface area contributed by atoms with E-state index in [9.17, 15) is 0 Å². The molecule has 1 saturated heterocycles. The molecule has 2 N–H and O–H groups in total. The standard InChI is InChI=1S/C22H28N4/c1-3-16-7-6-8-17(15-16)21(23-18-11-13-26(2)14-12-18)22-24-19-9-4-5-10-20(19)25-22/h4-10,15,18,21,23H,3,11-14H2,1-2H3,(H,24,25). The van der Waals surface area contributed by atoms with E-state index in [1.54, 1.807) is 0 Å². The number of hydrogen-bond donors (Lipinski definition) is 2. The Morgan fingerprint density at radius 2 is 1.96 bits per heavy atom. The first-order chi connectivity index (χ1) is 12.7. The summed E-state index contributed by atoms with van der Waals surface area (Å²) in [6, 6.07) is 17.8. The van der Waals surface area contributed by atoms with Crippen LogP contribution in [-0.2, 0) is 6.42 Å². The molecule has 1 atom stereocenters. The highest BCUT2D eigenvalue weighted by molar-refractivity contribution is 5.75. The number of H-pyrrole nitrogens is 1. The quantitative estimate of drug-likeness (QED) is 0.735.